The molecule has 0 aromatic heterocycles. The van der Waals surface area contributed by atoms with Crippen molar-refractivity contribution in [2.24, 2.45) is 0 Å². The summed E-state index contributed by atoms with van der Waals surface area (Å²) in [6.45, 7) is 0.882. The number of carbonyl (C=O) groups is 1. The maximum Gasteiger partial charge on any atom is 0.251 e. The zero-order chi connectivity index (χ0) is 14.4. The largest absolute Gasteiger partial charge is 0.492 e. The van der Waals surface area contributed by atoms with Gasteiger partial charge in [0.15, 0.2) is 0 Å². The van der Waals surface area contributed by atoms with Crippen LogP contribution >= 0.6 is 34.2 Å². The molecular weight excluding hydrogens is 389 g/mol. The average Bonchev–Trinajstić information content (AvgIpc) is 2.47. The quantitative estimate of drug-likeness (QED) is 0.612. The monoisotopic (exact) mass is 401 g/mol. The Morgan fingerprint density at radius 1 is 1.20 bits per heavy atom. The number of amides is 1. The highest BCUT2D eigenvalue weighted by atomic mass is 127. The highest BCUT2D eigenvalue weighted by Gasteiger charge is 2.07. The van der Waals surface area contributed by atoms with E-state index in [4.69, 9.17) is 16.3 Å². The topological polar surface area (TPSA) is 38.3 Å². The van der Waals surface area contributed by atoms with Gasteiger partial charge in [0.2, 0.25) is 0 Å². The van der Waals surface area contributed by atoms with Gasteiger partial charge in [0, 0.05) is 9.13 Å². The Hall–Kier alpha value is -1.27. The Morgan fingerprint density at radius 2 is 1.95 bits per heavy atom. The fourth-order valence-electron chi connectivity index (χ4n) is 1.59. The van der Waals surface area contributed by atoms with E-state index in [9.17, 15) is 4.79 Å². The summed E-state index contributed by atoms with van der Waals surface area (Å²) in [7, 11) is 0. The first-order chi connectivity index (χ1) is 9.66. The molecule has 0 spiro atoms. The predicted octanol–water partition coefficient (Wildman–Crippen LogP) is 3.75. The Morgan fingerprint density at radius 3 is 2.65 bits per heavy atom. The highest BCUT2D eigenvalue weighted by molar-refractivity contribution is 14.1. The number of benzene rings is 2. The zero-order valence-corrected chi connectivity index (χ0v) is 13.5. The van der Waals surface area contributed by atoms with Crippen LogP contribution in [0.1, 0.15) is 10.4 Å². The highest BCUT2D eigenvalue weighted by Crippen LogP contribution is 2.19. The molecule has 20 heavy (non-hydrogen) atoms. The van der Waals surface area contributed by atoms with E-state index in [1.165, 1.54) is 0 Å². The van der Waals surface area contributed by atoms with Crippen LogP contribution in [0.2, 0.25) is 5.02 Å². The lowest BCUT2D eigenvalue weighted by molar-refractivity contribution is 0.0947. The molecule has 0 aliphatic carbocycles. The second kappa shape index (κ2) is 7.50. The average molecular weight is 402 g/mol. The van der Waals surface area contributed by atoms with Gasteiger partial charge in [0.1, 0.15) is 12.4 Å². The molecule has 1 amide bonds. The summed E-state index contributed by atoms with van der Waals surface area (Å²) in [5.41, 5.74) is 0.596. The van der Waals surface area contributed by atoms with Crippen LogP contribution in [0, 0.1) is 3.57 Å². The smallest absolute Gasteiger partial charge is 0.251 e. The van der Waals surface area contributed by atoms with Crippen LogP contribution in [0.4, 0.5) is 0 Å². The van der Waals surface area contributed by atoms with Gasteiger partial charge >= 0.3 is 0 Å². The van der Waals surface area contributed by atoms with Crippen molar-refractivity contribution in [3.63, 3.8) is 0 Å². The summed E-state index contributed by atoms with van der Waals surface area (Å²) in [5.74, 6) is 0.666. The molecule has 0 bridgehead atoms. The van der Waals surface area contributed by atoms with E-state index >= 15 is 0 Å². The van der Waals surface area contributed by atoms with Crippen LogP contribution in [-0.2, 0) is 0 Å². The second-order valence-electron chi connectivity index (χ2n) is 4.05. The van der Waals surface area contributed by atoms with Gasteiger partial charge in [-0.05, 0) is 52.9 Å². The Labute approximate surface area is 136 Å². The van der Waals surface area contributed by atoms with Gasteiger partial charge < -0.3 is 10.1 Å². The number of para-hydroxylation sites is 1. The maximum absolute atomic E-state index is 11.9. The van der Waals surface area contributed by atoms with Crippen LogP contribution in [0.5, 0.6) is 5.75 Å². The first-order valence-corrected chi connectivity index (χ1v) is 7.53. The van der Waals surface area contributed by atoms with Gasteiger partial charge in [0.25, 0.3) is 5.91 Å². The predicted molar refractivity (Wildman–Crippen MR) is 88.4 cm³/mol. The Balaban J connectivity index is 1.79. The molecule has 0 unspecified atom stereocenters. The van der Waals surface area contributed by atoms with Crippen molar-refractivity contribution in [2.45, 2.75) is 0 Å². The molecular formula is C15H13ClINO2. The normalized spacial score (nSPS) is 10.1. The van der Waals surface area contributed by atoms with Crippen molar-refractivity contribution in [3.8, 4) is 5.75 Å². The number of hydrogen-bond acceptors (Lipinski definition) is 2. The van der Waals surface area contributed by atoms with Gasteiger partial charge in [-0.2, -0.15) is 0 Å². The van der Waals surface area contributed by atoms with Crippen molar-refractivity contribution >= 4 is 40.1 Å². The Kier molecular flexibility index (Phi) is 5.67. The number of halogens is 2. The fourth-order valence-corrected chi connectivity index (χ4v) is 2.22. The van der Waals surface area contributed by atoms with Gasteiger partial charge in [-0.15, -0.1) is 0 Å². The molecule has 0 radical (unpaired) electrons. The molecule has 0 aliphatic heterocycles. The second-order valence-corrected chi connectivity index (χ2v) is 5.62. The summed E-state index contributed by atoms with van der Waals surface area (Å²) in [6.07, 6.45) is 0. The Bertz CT molecular complexity index is 590. The van der Waals surface area contributed by atoms with E-state index in [2.05, 4.69) is 27.9 Å². The van der Waals surface area contributed by atoms with Crippen LogP contribution in [-0.4, -0.2) is 19.1 Å². The molecule has 0 aliphatic rings. The van der Waals surface area contributed by atoms with Crippen LogP contribution < -0.4 is 10.1 Å². The lowest BCUT2D eigenvalue weighted by Gasteiger charge is -2.08. The van der Waals surface area contributed by atoms with E-state index < -0.39 is 0 Å². The number of hydrogen-bond donors (Lipinski definition) is 1. The SMILES string of the molecule is O=C(NCCOc1ccccc1)c1ccc(Cl)c(I)c1. The molecule has 0 fully saturated rings. The molecule has 0 atom stereocenters. The van der Waals surface area contributed by atoms with E-state index in [0.29, 0.717) is 23.7 Å². The van der Waals surface area contributed by atoms with Crippen LogP contribution in [0.25, 0.3) is 0 Å². The van der Waals surface area contributed by atoms with Gasteiger partial charge in [-0.25, -0.2) is 0 Å². The molecule has 2 rings (SSSR count). The molecule has 1 N–H and O–H groups in total. The van der Waals surface area contributed by atoms with Crippen molar-refractivity contribution in [3.05, 3.63) is 62.7 Å². The van der Waals surface area contributed by atoms with Gasteiger partial charge in [-0.1, -0.05) is 29.8 Å². The van der Waals surface area contributed by atoms with E-state index in [1.807, 2.05) is 30.3 Å². The minimum absolute atomic E-state index is 0.128. The van der Waals surface area contributed by atoms with E-state index in [0.717, 1.165) is 9.32 Å². The number of rotatable bonds is 5. The number of nitrogens with one attached hydrogen (secondary N) is 1. The molecule has 3 nitrogen and oxygen atoms in total. The third kappa shape index (κ3) is 4.38. The fraction of sp³-hybridized carbons (Fsp3) is 0.133. The molecule has 0 saturated heterocycles. The van der Waals surface area contributed by atoms with Gasteiger partial charge in [0.05, 0.1) is 11.6 Å². The standard InChI is InChI=1S/C15H13ClINO2/c16-13-7-6-11(10-14(13)17)15(19)18-8-9-20-12-4-2-1-3-5-12/h1-7,10H,8-9H2,(H,18,19). The molecule has 0 heterocycles. The molecule has 5 heteroatoms. The van der Waals surface area contributed by atoms with Crippen molar-refractivity contribution in [1.82, 2.24) is 5.32 Å². The molecule has 104 valence electrons. The van der Waals surface area contributed by atoms with Crippen molar-refractivity contribution in [2.75, 3.05) is 13.2 Å². The van der Waals surface area contributed by atoms with Gasteiger partial charge in [-0.3, -0.25) is 4.79 Å². The maximum atomic E-state index is 11.9. The van der Waals surface area contributed by atoms with Crippen LogP contribution in [0.15, 0.2) is 48.5 Å². The molecule has 2 aromatic carbocycles. The van der Waals surface area contributed by atoms with Crippen LogP contribution in [0.3, 0.4) is 0 Å². The van der Waals surface area contributed by atoms with Crippen molar-refractivity contribution in [1.29, 1.82) is 0 Å². The third-order valence-corrected chi connectivity index (χ3v) is 4.12. The summed E-state index contributed by atoms with van der Waals surface area (Å²) in [6, 6.07) is 14.7. The number of ether oxygens (including phenoxy) is 1. The minimum atomic E-state index is -0.128. The third-order valence-electron chi connectivity index (χ3n) is 2.58. The zero-order valence-electron chi connectivity index (χ0n) is 10.6. The summed E-state index contributed by atoms with van der Waals surface area (Å²) >= 11 is 8.02. The number of carbonyl (C=O) groups excluding carboxylic acids is 1. The summed E-state index contributed by atoms with van der Waals surface area (Å²) in [4.78, 5) is 11.9. The van der Waals surface area contributed by atoms with Crippen molar-refractivity contribution < 1.29 is 9.53 Å². The molecule has 0 saturated carbocycles. The van der Waals surface area contributed by atoms with E-state index in [1.54, 1.807) is 18.2 Å². The molecule has 2 aromatic rings. The lowest BCUT2D eigenvalue weighted by Crippen LogP contribution is -2.28. The summed E-state index contributed by atoms with van der Waals surface area (Å²) < 4.78 is 6.36. The first kappa shape index (κ1) is 15.1. The lowest BCUT2D eigenvalue weighted by atomic mass is 10.2. The summed E-state index contributed by atoms with van der Waals surface area (Å²) in [5, 5.41) is 3.45. The first-order valence-electron chi connectivity index (χ1n) is 6.08. The van der Waals surface area contributed by atoms with E-state index in [-0.39, 0.29) is 5.91 Å². The minimum Gasteiger partial charge on any atom is -0.492 e.